The molecule has 0 atom stereocenters. The van der Waals surface area contributed by atoms with Crippen LogP contribution in [0, 0.1) is 0 Å². The van der Waals surface area contributed by atoms with Crippen molar-refractivity contribution in [2.75, 3.05) is 0 Å². The zero-order valence-corrected chi connectivity index (χ0v) is 9.19. The maximum absolute atomic E-state index is 11.5. The normalized spacial score (nSPS) is 10.3. The molecule has 0 N–H and O–H groups in total. The summed E-state index contributed by atoms with van der Waals surface area (Å²) in [6, 6.07) is 7.61. The van der Waals surface area contributed by atoms with Gasteiger partial charge in [0.2, 0.25) is 0 Å². The van der Waals surface area contributed by atoms with E-state index in [0.29, 0.717) is 24.3 Å². The molecule has 0 saturated heterocycles. The van der Waals surface area contributed by atoms with Crippen molar-refractivity contribution in [3.8, 4) is 0 Å². The van der Waals surface area contributed by atoms with Gasteiger partial charge in [-0.3, -0.25) is 4.79 Å². The van der Waals surface area contributed by atoms with E-state index in [-0.39, 0.29) is 5.78 Å². The van der Waals surface area contributed by atoms with Gasteiger partial charge in [0.1, 0.15) is 6.29 Å². The number of aldehydes is 1. The van der Waals surface area contributed by atoms with Crippen molar-refractivity contribution in [1.82, 2.24) is 0 Å². The molecule has 0 aliphatic heterocycles. The minimum absolute atomic E-state index is 0.0393. The zero-order chi connectivity index (χ0) is 11.3. The molecule has 0 heterocycles. The lowest BCUT2D eigenvalue weighted by Crippen LogP contribution is -1.99. The highest BCUT2D eigenvalue weighted by Gasteiger charge is 2.05. The van der Waals surface area contributed by atoms with E-state index in [9.17, 15) is 9.59 Å². The minimum Gasteiger partial charge on any atom is -0.303 e. The van der Waals surface area contributed by atoms with Gasteiger partial charge in [0, 0.05) is 18.4 Å². The van der Waals surface area contributed by atoms with Crippen molar-refractivity contribution in [3.63, 3.8) is 0 Å². The fourth-order valence-corrected chi connectivity index (χ4v) is 1.39. The minimum atomic E-state index is 0.0393. The van der Waals surface area contributed by atoms with E-state index in [4.69, 9.17) is 0 Å². The van der Waals surface area contributed by atoms with Crippen LogP contribution in [0.5, 0.6) is 0 Å². The molecule has 2 nitrogen and oxygen atoms in total. The van der Waals surface area contributed by atoms with Crippen LogP contribution in [0.1, 0.15) is 48.5 Å². The fourth-order valence-electron chi connectivity index (χ4n) is 1.39. The topological polar surface area (TPSA) is 34.1 Å². The van der Waals surface area contributed by atoms with Gasteiger partial charge in [-0.1, -0.05) is 38.1 Å². The van der Waals surface area contributed by atoms with Crippen LogP contribution in [-0.2, 0) is 4.79 Å². The van der Waals surface area contributed by atoms with Crippen LogP contribution >= 0.6 is 0 Å². The molecule has 0 bridgehead atoms. The summed E-state index contributed by atoms with van der Waals surface area (Å²) >= 11 is 0. The second-order valence-electron chi connectivity index (χ2n) is 3.91. The second kappa shape index (κ2) is 5.44. The molecule has 0 aliphatic carbocycles. The van der Waals surface area contributed by atoms with Gasteiger partial charge in [0.25, 0.3) is 0 Å². The molecule has 0 aromatic heterocycles. The van der Waals surface area contributed by atoms with E-state index < -0.39 is 0 Å². The molecule has 0 radical (unpaired) electrons. The third-order valence-corrected chi connectivity index (χ3v) is 2.39. The van der Waals surface area contributed by atoms with Crippen molar-refractivity contribution >= 4 is 12.1 Å². The summed E-state index contributed by atoms with van der Waals surface area (Å²) in [6.45, 7) is 4.23. The molecule has 1 aromatic rings. The van der Waals surface area contributed by atoms with Gasteiger partial charge < -0.3 is 4.79 Å². The summed E-state index contributed by atoms with van der Waals surface area (Å²) in [5.41, 5.74) is 1.92. The Balaban J connectivity index is 2.71. The van der Waals surface area contributed by atoms with Crippen LogP contribution in [0.15, 0.2) is 24.3 Å². The second-order valence-corrected chi connectivity index (χ2v) is 3.91. The van der Waals surface area contributed by atoms with Gasteiger partial charge in [-0.15, -0.1) is 0 Å². The summed E-state index contributed by atoms with van der Waals surface area (Å²) in [5.74, 6) is 0.515. The predicted molar refractivity (Wildman–Crippen MR) is 60.2 cm³/mol. The molecule has 2 heteroatoms. The molecular formula is C13H16O2. The third-order valence-electron chi connectivity index (χ3n) is 2.39. The molecule has 0 saturated carbocycles. The SMILES string of the molecule is CC(C)c1ccc(C(=O)CCC=O)cc1. The first kappa shape index (κ1) is 11.6. The molecule has 1 rings (SSSR count). The molecule has 15 heavy (non-hydrogen) atoms. The van der Waals surface area contributed by atoms with Crippen molar-refractivity contribution in [2.24, 2.45) is 0 Å². The van der Waals surface area contributed by atoms with Gasteiger partial charge in [-0.05, 0) is 11.5 Å². The Morgan fingerprint density at radius 2 is 1.87 bits per heavy atom. The van der Waals surface area contributed by atoms with Gasteiger partial charge in [0.05, 0.1) is 0 Å². The summed E-state index contributed by atoms with van der Waals surface area (Å²) in [7, 11) is 0. The largest absolute Gasteiger partial charge is 0.303 e. The van der Waals surface area contributed by atoms with Crippen LogP contribution in [0.4, 0.5) is 0 Å². The van der Waals surface area contributed by atoms with Crippen LogP contribution in [0.25, 0.3) is 0 Å². The lowest BCUT2D eigenvalue weighted by Gasteiger charge is -2.05. The lowest BCUT2D eigenvalue weighted by atomic mass is 9.99. The maximum Gasteiger partial charge on any atom is 0.163 e. The number of carbonyl (C=O) groups is 2. The highest BCUT2D eigenvalue weighted by molar-refractivity contribution is 5.96. The quantitative estimate of drug-likeness (QED) is 0.546. The Kier molecular flexibility index (Phi) is 4.22. The first-order chi connectivity index (χ1) is 7.15. The Morgan fingerprint density at radius 3 is 2.33 bits per heavy atom. The zero-order valence-electron chi connectivity index (χ0n) is 9.19. The summed E-state index contributed by atoms with van der Waals surface area (Å²) in [5, 5.41) is 0. The van der Waals surface area contributed by atoms with E-state index in [0.717, 1.165) is 6.29 Å². The molecule has 0 fully saturated rings. The van der Waals surface area contributed by atoms with Gasteiger partial charge in [0.15, 0.2) is 5.78 Å². The van der Waals surface area contributed by atoms with Gasteiger partial charge >= 0.3 is 0 Å². The molecule has 0 unspecified atom stereocenters. The van der Waals surface area contributed by atoms with Crippen LogP contribution in [0.2, 0.25) is 0 Å². The molecule has 1 aromatic carbocycles. The molecule has 80 valence electrons. The number of hydrogen-bond acceptors (Lipinski definition) is 2. The average molecular weight is 204 g/mol. The standard InChI is InChI=1S/C13H16O2/c1-10(2)11-5-7-12(8-6-11)13(15)4-3-9-14/h5-10H,3-4H2,1-2H3. The number of hydrogen-bond donors (Lipinski definition) is 0. The fraction of sp³-hybridized carbons (Fsp3) is 0.385. The van der Waals surface area contributed by atoms with Crippen molar-refractivity contribution in [3.05, 3.63) is 35.4 Å². The Bertz CT molecular complexity index is 336. The van der Waals surface area contributed by atoms with E-state index >= 15 is 0 Å². The summed E-state index contributed by atoms with van der Waals surface area (Å²) in [4.78, 5) is 21.7. The first-order valence-corrected chi connectivity index (χ1v) is 5.22. The van der Waals surface area contributed by atoms with E-state index in [2.05, 4.69) is 13.8 Å². The smallest absolute Gasteiger partial charge is 0.163 e. The van der Waals surface area contributed by atoms with E-state index in [1.165, 1.54) is 5.56 Å². The van der Waals surface area contributed by atoms with Crippen LogP contribution < -0.4 is 0 Å². The average Bonchev–Trinajstić information content (AvgIpc) is 2.26. The highest BCUT2D eigenvalue weighted by Crippen LogP contribution is 2.15. The van der Waals surface area contributed by atoms with Crippen LogP contribution in [-0.4, -0.2) is 12.1 Å². The lowest BCUT2D eigenvalue weighted by molar-refractivity contribution is -0.107. The molecule has 0 amide bonds. The predicted octanol–water partition coefficient (Wildman–Crippen LogP) is 2.97. The Hall–Kier alpha value is -1.44. The number of benzene rings is 1. The number of ketones is 1. The summed E-state index contributed by atoms with van der Waals surface area (Å²) < 4.78 is 0. The van der Waals surface area contributed by atoms with Gasteiger partial charge in [-0.25, -0.2) is 0 Å². The number of Topliss-reactive ketones (excluding diaryl/α,β-unsaturated/α-hetero) is 1. The molecule has 0 spiro atoms. The van der Waals surface area contributed by atoms with E-state index in [1.807, 2.05) is 24.3 Å². The highest BCUT2D eigenvalue weighted by atomic mass is 16.1. The Morgan fingerprint density at radius 1 is 1.27 bits per heavy atom. The van der Waals surface area contributed by atoms with Crippen molar-refractivity contribution < 1.29 is 9.59 Å². The first-order valence-electron chi connectivity index (χ1n) is 5.22. The number of carbonyl (C=O) groups excluding carboxylic acids is 2. The van der Waals surface area contributed by atoms with Crippen molar-refractivity contribution in [2.45, 2.75) is 32.6 Å². The Labute approximate surface area is 90.3 Å². The van der Waals surface area contributed by atoms with Crippen molar-refractivity contribution in [1.29, 1.82) is 0 Å². The molecular weight excluding hydrogens is 188 g/mol. The summed E-state index contributed by atoms with van der Waals surface area (Å²) in [6.07, 6.45) is 1.40. The monoisotopic (exact) mass is 204 g/mol. The number of rotatable bonds is 5. The molecule has 0 aliphatic rings. The van der Waals surface area contributed by atoms with Gasteiger partial charge in [-0.2, -0.15) is 0 Å². The maximum atomic E-state index is 11.5. The van der Waals surface area contributed by atoms with Crippen LogP contribution in [0.3, 0.4) is 0 Å². The third kappa shape index (κ3) is 3.31. The van der Waals surface area contributed by atoms with E-state index in [1.54, 1.807) is 0 Å².